The molecule has 2 N–H and O–H groups in total. The molecule has 1 aliphatic rings. The molecular formula is C18H24BrN5O2. The van der Waals surface area contributed by atoms with Crippen LogP contribution in [0, 0.1) is 0 Å². The number of halogens is 1. The van der Waals surface area contributed by atoms with Gasteiger partial charge in [-0.15, -0.1) is 0 Å². The standard InChI is InChI=1S/C18H24BrN5O2/c1-10(2)16-15(19)17(23-22-16)18(25)21-13-5-6-14(20-7-13)24-8-11(3)26-12(4)9-24/h5-7,10-12H,8-9H2,1-4H3,(H,21,25)(H,22,23). The van der Waals surface area contributed by atoms with Crippen LogP contribution in [0.5, 0.6) is 0 Å². The topological polar surface area (TPSA) is 83.1 Å². The highest BCUT2D eigenvalue weighted by Crippen LogP contribution is 2.26. The Labute approximate surface area is 161 Å². The zero-order valence-electron chi connectivity index (χ0n) is 15.4. The van der Waals surface area contributed by atoms with Crippen LogP contribution >= 0.6 is 15.9 Å². The maximum Gasteiger partial charge on any atom is 0.277 e. The quantitative estimate of drug-likeness (QED) is 0.788. The number of hydrogen-bond acceptors (Lipinski definition) is 5. The number of pyridine rings is 1. The lowest BCUT2D eigenvalue weighted by Crippen LogP contribution is -2.45. The van der Waals surface area contributed by atoms with E-state index in [2.05, 4.69) is 55.2 Å². The number of hydrogen-bond donors (Lipinski definition) is 2. The minimum absolute atomic E-state index is 0.173. The summed E-state index contributed by atoms with van der Waals surface area (Å²) < 4.78 is 6.45. The molecule has 7 nitrogen and oxygen atoms in total. The average molecular weight is 422 g/mol. The third-order valence-corrected chi connectivity index (χ3v) is 5.08. The first-order valence-electron chi connectivity index (χ1n) is 8.76. The molecule has 3 rings (SSSR count). The van der Waals surface area contributed by atoms with E-state index < -0.39 is 0 Å². The molecule has 2 aromatic rings. The number of anilines is 2. The predicted octanol–water partition coefficient (Wildman–Crippen LogP) is 3.56. The average Bonchev–Trinajstić information content (AvgIpc) is 2.96. The Morgan fingerprint density at radius 2 is 2.04 bits per heavy atom. The number of nitrogens with one attached hydrogen (secondary N) is 2. The van der Waals surface area contributed by atoms with Crippen LogP contribution in [0.3, 0.4) is 0 Å². The Morgan fingerprint density at radius 3 is 2.58 bits per heavy atom. The van der Waals surface area contributed by atoms with Crippen molar-refractivity contribution in [3.8, 4) is 0 Å². The highest BCUT2D eigenvalue weighted by atomic mass is 79.9. The van der Waals surface area contributed by atoms with Crippen molar-refractivity contribution < 1.29 is 9.53 Å². The highest BCUT2D eigenvalue weighted by molar-refractivity contribution is 9.10. The normalized spacial score (nSPS) is 20.5. The van der Waals surface area contributed by atoms with E-state index in [9.17, 15) is 4.79 Å². The first kappa shape index (κ1) is 18.8. The van der Waals surface area contributed by atoms with Crippen molar-refractivity contribution in [3.63, 3.8) is 0 Å². The molecule has 3 heterocycles. The van der Waals surface area contributed by atoms with Gasteiger partial charge in [0.25, 0.3) is 5.91 Å². The number of ether oxygens (including phenoxy) is 1. The maximum atomic E-state index is 12.5. The SMILES string of the molecule is CC1CN(c2ccc(NC(=O)c3n[nH]c(C(C)C)c3Br)cn2)CC(C)O1. The molecule has 0 aliphatic carbocycles. The van der Waals surface area contributed by atoms with Gasteiger partial charge in [0.1, 0.15) is 5.82 Å². The molecule has 2 atom stereocenters. The summed E-state index contributed by atoms with van der Waals surface area (Å²) in [6, 6.07) is 3.77. The van der Waals surface area contributed by atoms with Crippen molar-refractivity contribution in [2.45, 2.75) is 45.8 Å². The summed E-state index contributed by atoms with van der Waals surface area (Å²) in [5.74, 6) is 0.855. The molecule has 26 heavy (non-hydrogen) atoms. The van der Waals surface area contributed by atoms with Gasteiger partial charge in [-0.05, 0) is 47.8 Å². The van der Waals surface area contributed by atoms with Gasteiger partial charge in [-0.1, -0.05) is 13.8 Å². The van der Waals surface area contributed by atoms with Crippen molar-refractivity contribution in [1.82, 2.24) is 15.2 Å². The van der Waals surface area contributed by atoms with E-state index in [-0.39, 0.29) is 24.0 Å². The van der Waals surface area contributed by atoms with Crippen molar-refractivity contribution in [3.05, 3.63) is 34.2 Å². The van der Waals surface area contributed by atoms with Gasteiger partial charge in [0, 0.05) is 13.1 Å². The van der Waals surface area contributed by atoms with Gasteiger partial charge in [0.05, 0.1) is 34.3 Å². The molecule has 0 spiro atoms. The van der Waals surface area contributed by atoms with Crippen molar-refractivity contribution >= 4 is 33.3 Å². The summed E-state index contributed by atoms with van der Waals surface area (Å²) in [5, 5.41) is 9.86. The first-order valence-corrected chi connectivity index (χ1v) is 9.56. The fourth-order valence-electron chi connectivity index (χ4n) is 3.08. The van der Waals surface area contributed by atoms with Crippen LogP contribution in [0.4, 0.5) is 11.5 Å². The fourth-order valence-corrected chi connectivity index (χ4v) is 3.89. The number of morpholine rings is 1. The van der Waals surface area contributed by atoms with Crippen LogP contribution in [-0.4, -0.2) is 46.4 Å². The molecule has 1 fully saturated rings. The smallest absolute Gasteiger partial charge is 0.277 e. The zero-order valence-corrected chi connectivity index (χ0v) is 17.0. The monoisotopic (exact) mass is 421 g/mol. The Balaban J connectivity index is 1.68. The number of amides is 1. The molecule has 1 saturated heterocycles. The van der Waals surface area contributed by atoms with Crippen LogP contribution < -0.4 is 10.2 Å². The molecule has 140 valence electrons. The Kier molecular flexibility index (Phi) is 5.62. The van der Waals surface area contributed by atoms with Crippen molar-refractivity contribution in [1.29, 1.82) is 0 Å². The molecule has 1 amide bonds. The van der Waals surface area contributed by atoms with Gasteiger partial charge in [-0.3, -0.25) is 9.89 Å². The van der Waals surface area contributed by atoms with Crippen LogP contribution in [0.25, 0.3) is 0 Å². The molecule has 8 heteroatoms. The van der Waals surface area contributed by atoms with Gasteiger partial charge in [0.15, 0.2) is 5.69 Å². The predicted molar refractivity (Wildman–Crippen MR) is 105 cm³/mol. The minimum atomic E-state index is -0.275. The maximum absolute atomic E-state index is 12.5. The lowest BCUT2D eigenvalue weighted by atomic mass is 10.1. The zero-order chi connectivity index (χ0) is 18.8. The van der Waals surface area contributed by atoms with E-state index in [1.165, 1.54) is 0 Å². The fraction of sp³-hybridized carbons (Fsp3) is 0.500. The summed E-state index contributed by atoms with van der Waals surface area (Å²) in [5.41, 5.74) is 1.88. The highest BCUT2D eigenvalue weighted by Gasteiger charge is 2.23. The van der Waals surface area contributed by atoms with Gasteiger partial charge in [-0.25, -0.2) is 4.98 Å². The summed E-state index contributed by atoms with van der Waals surface area (Å²) in [6.45, 7) is 9.81. The third-order valence-electron chi connectivity index (χ3n) is 4.27. The number of carbonyl (C=O) groups excluding carboxylic acids is 1. The molecule has 0 aromatic carbocycles. The number of nitrogens with zero attached hydrogens (tertiary/aromatic N) is 3. The van der Waals surface area contributed by atoms with E-state index in [0.717, 1.165) is 24.6 Å². The lowest BCUT2D eigenvalue weighted by molar-refractivity contribution is -0.00545. The van der Waals surface area contributed by atoms with E-state index in [4.69, 9.17) is 4.74 Å². The van der Waals surface area contributed by atoms with Gasteiger partial charge in [0.2, 0.25) is 0 Å². The van der Waals surface area contributed by atoms with Crippen LogP contribution in [0.15, 0.2) is 22.8 Å². The number of aromatic nitrogens is 3. The molecular weight excluding hydrogens is 398 g/mol. The van der Waals surface area contributed by atoms with Gasteiger partial charge in [-0.2, -0.15) is 5.10 Å². The summed E-state index contributed by atoms with van der Waals surface area (Å²) in [7, 11) is 0. The minimum Gasteiger partial charge on any atom is -0.372 e. The van der Waals surface area contributed by atoms with Crippen LogP contribution in [-0.2, 0) is 4.74 Å². The summed E-state index contributed by atoms with van der Waals surface area (Å²) in [6.07, 6.45) is 2.02. The molecule has 0 radical (unpaired) electrons. The summed E-state index contributed by atoms with van der Waals surface area (Å²) >= 11 is 3.45. The van der Waals surface area contributed by atoms with E-state index in [1.807, 2.05) is 26.0 Å². The van der Waals surface area contributed by atoms with Gasteiger partial charge >= 0.3 is 0 Å². The third kappa shape index (κ3) is 4.07. The lowest BCUT2D eigenvalue weighted by Gasteiger charge is -2.36. The summed E-state index contributed by atoms with van der Waals surface area (Å²) in [4.78, 5) is 19.2. The Bertz CT molecular complexity index is 764. The van der Waals surface area contributed by atoms with E-state index in [1.54, 1.807) is 6.20 Å². The molecule has 1 aliphatic heterocycles. The molecule has 2 unspecified atom stereocenters. The van der Waals surface area contributed by atoms with E-state index in [0.29, 0.717) is 15.9 Å². The Morgan fingerprint density at radius 1 is 1.35 bits per heavy atom. The van der Waals surface area contributed by atoms with Crippen molar-refractivity contribution in [2.24, 2.45) is 0 Å². The number of rotatable bonds is 4. The van der Waals surface area contributed by atoms with Gasteiger partial charge < -0.3 is 15.0 Å². The molecule has 0 bridgehead atoms. The number of H-pyrrole nitrogens is 1. The molecule has 0 saturated carbocycles. The second-order valence-electron chi connectivity index (χ2n) is 6.98. The van der Waals surface area contributed by atoms with E-state index >= 15 is 0 Å². The molecule has 2 aromatic heterocycles. The van der Waals surface area contributed by atoms with Crippen LogP contribution in [0.2, 0.25) is 0 Å². The second-order valence-corrected chi connectivity index (χ2v) is 7.77. The van der Waals surface area contributed by atoms with Crippen molar-refractivity contribution in [2.75, 3.05) is 23.3 Å². The Hall–Kier alpha value is -1.93. The largest absolute Gasteiger partial charge is 0.372 e. The van der Waals surface area contributed by atoms with Crippen LogP contribution in [0.1, 0.15) is 49.8 Å². The number of carbonyl (C=O) groups is 1. The number of aromatic amines is 1. The second kappa shape index (κ2) is 7.75. The first-order chi connectivity index (χ1) is 12.3.